The van der Waals surface area contributed by atoms with Crippen LogP contribution in [-0.4, -0.2) is 35.9 Å². The molecule has 0 saturated heterocycles. The Morgan fingerprint density at radius 3 is 2.14 bits per heavy atom. The zero-order valence-electron chi connectivity index (χ0n) is 21.8. The Morgan fingerprint density at radius 2 is 1.54 bits per heavy atom. The summed E-state index contributed by atoms with van der Waals surface area (Å²) in [6.07, 6.45) is 0.406. The zero-order valence-corrected chi connectivity index (χ0v) is 24.9. The predicted molar refractivity (Wildman–Crippen MR) is 156 cm³/mol. The average molecular weight is 630 g/mol. The molecule has 3 aromatic rings. The lowest BCUT2D eigenvalue weighted by Gasteiger charge is -2.31. The largest absolute Gasteiger partial charge is 0.484 e. The molecule has 0 aliphatic heterocycles. The summed E-state index contributed by atoms with van der Waals surface area (Å²) in [6, 6.07) is 20.7. The van der Waals surface area contributed by atoms with Gasteiger partial charge in [0.15, 0.2) is 6.61 Å². The van der Waals surface area contributed by atoms with Crippen molar-refractivity contribution in [3.63, 3.8) is 0 Å². The third-order valence-electron chi connectivity index (χ3n) is 5.99. The van der Waals surface area contributed by atoms with E-state index in [1.807, 2.05) is 94.4 Å². The molecule has 0 fully saturated rings. The van der Waals surface area contributed by atoms with Crippen molar-refractivity contribution in [3.05, 3.63) is 97.9 Å². The number of hydrogen-bond acceptors (Lipinski definition) is 3. The lowest BCUT2D eigenvalue weighted by Crippen LogP contribution is -2.52. The number of amides is 2. The number of halogens is 2. The Labute approximate surface area is 236 Å². The molecule has 7 heteroatoms. The first-order valence-electron chi connectivity index (χ1n) is 12.4. The summed E-state index contributed by atoms with van der Waals surface area (Å²) in [6.45, 7) is 8.74. The van der Waals surface area contributed by atoms with Crippen LogP contribution in [0.25, 0.3) is 0 Å². The van der Waals surface area contributed by atoms with Crippen molar-refractivity contribution < 1.29 is 14.3 Å². The van der Waals surface area contributed by atoms with Crippen LogP contribution in [0.4, 0.5) is 0 Å². The Morgan fingerprint density at radius 1 is 0.919 bits per heavy atom. The Hall–Kier alpha value is -2.64. The fraction of sp³-hybridized carbons (Fsp3) is 0.333. The maximum absolute atomic E-state index is 13.7. The van der Waals surface area contributed by atoms with Gasteiger partial charge in [-0.3, -0.25) is 9.59 Å². The lowest BCUT2D eigenvalue weighted by atomic mass is 10.0. The highest BCUT2D eigenvalue weighted by Gasteiger charge is 2.30. The van der Waals surface area contributed by atoms with Crippen molar-refractivity contribution in [3.8, 4) is 5.75 Å². The van der Waals surface area contributed by atoms with Gasteiger partial charge in [-0.25, -0.2) is 0 Å². The molecule has 196 valence electrons. The molecule has 0 radical (unpaired) electrons. The number of benzene rings is 3. The molecule has 37 heavy (non-hydrogen) atoms. The van der Waals surface area contributed by atoms with Gasteiger partial charge in [0, 0.05) is 28.5 Å². The fourth-order valence-corrected chi connectivity index (χ4v) is 4.47. The van der Waals surface area contributed by atoms with Crippen molar-refractivity contribution >= 4 is 43.7 Å². The molecule has 2 amide bonds. The summed E-state index contributed by atoms with van der Waals surface area (Å²) in [7, 11) is 0. The summed E-state index contributed by atoms with van der Waals surface area (Å²) in [5.74, 6) is 0.503. The van der Waals surface area contributed by atoms with Crippen molar-refractivity contribution in [2.24, 2.45) is 5.92 Å². The lowest BCUT2D eigenvalue weighted by molar-refractivity contribution is -0.142. The summed E-state index contributed by atoms with van der Waals surface area (Å²) in [4.78, 5) is 28.8. The second-order valence-electron chi connectivity index (χ2n) is 9.65. The highest BCUT2D eigenvalue weighted by Crippen LogP contribution is 2.26. The van der Waals surface area contributed by atoms with Gasteiger partial charge in [0.2, 0.25) is 5.91 Å². The predicted octanol–water partition coefficient (Wildman–Crippen LogP) is 6.62. The second kappa shape index (κ2) is 13.8. The van der Waals surface area contributed by atoms with E-state index in [2.05, 4.69) is 37.2 Å². The molecule has 0 saturated carbocycles. The molecule has 0 bridgehead atoms. The molecule has 0 aromatic heterocycles. The monoisotopic (exact) mass is 628 g/mol. The fourth-order valence-electron chi connectivity index (χ4n) is 3.98. The molecular formula is C30H34Br2N2O3. The number of ether oxygens (including phenoxy) is 1. The third-order valence-corrected chi connectivity index (χ3v) is 7.77. The number of carbonyl (C=O) groups is 2. The quantitative estimate of drug-likeness (QED) is 0.259. The van der Waals surface area contributed by atoms with E-state index in [4.69, 9.17) is 4.74 Å². The molecule has 5 nitrogen and oxygen atoms in total. The molecule has 0 spiro atoms. The van der Waals surface area contributed by atoms with E-state index in [1.54, 1.807) is 4.90 Å². The molecule has 0 aliphatic carbocycles. The Balaban J connectivity index is 1.91. The number of hydrogen-bond donors (Lipinski definition) is 1. The van der Waals surface area contributed by atoms with Crippen LogP contribution in [-0.2, 0) is 22.6 Å². The van der Waals surface area contributed by atoms with Gasteiger partial charge in [0.05, 0.1) is 0 Å². The summed E-state index contributed by atoms with van der Waals surface area (Å²) in [5.41, 5.74) is 3.98. The molecule has 3 aromatic carbocycles. The second-order valence-corrected chi connectivity index (χ2v) is 11.4. The van der Waals surface area contributed by atoms with E-state index in [9.17, 15) is 9.59 Å². The SMILES string of the molecule is Cc1cc(OCC(=O)N(Cc2ccc(Br)cc2)[C@H](Cc2ccccc2)C(=O)NCC(C)C)cc(C)c1Br. The normalized spacial score (nSPS) is 11.8. The van der Waals surface area contributed by atoms with Gasteiger partial charge in [0.25, 0.3) is 5.91 Å². The average Bonchev–Trinajstić information content (AvgIpc) is 2.88. The third kappa shape index (κ3) is 8.71. The molecule has 0 unspecified atom stereocenters. The number of nitrogens with one attached hydrogen (secondary N) is 1. The standard InChI is InChI=1S/C30H34Br2N2O3/c1-20(2)17-33-30(36)27(16-23-8-6-5-7-9-23)34(18-24-10-12-25(31)13-11-24)28(35)19-37-26-14-21(3)29(32)22(4)15-26/h5-15,20,27H,16-19H2,1-4H3,(H,33,36)/t27-/m1/s1. The van der Waals surface area contributed by atoms with Crippen LogP contribution < -0.4 is 10.1 Å². The minimum absolute atomic E-state index is 0.167. The Bertz CT molecular complexity index is 1170. The van der Waals surface area contributed by atoms with Crippen LogP contribution >= 0.6 is 31.9 Å². The van der Waals surface area contributed by atoms with Crippen LogP contribution in [0.3, 0.4) is 0 Å². The van der Waals surface area contributed by atoms with E-state index in [0.717, 1.165) is 31.2 Å². The van der Waals surface area contributed by atoms with Crippen molar-refractivity contribution in [2.75, 3.05) is 13.2 Å². The zero-order chi connectivity index (χ0) is 26.9. The molecule has 0 aliphatic rings. The van der Waals surface area contributed by atoms with E-state index >= 15 is 0 Å². The van der Waals surface area contributed by atoms with E-state index < -0.39 is 6.04 Å². The topological polar surface area (TPSA) is 58.6 Å². The molecule has 1 N–H and O–H groups in total. The first-order chi connectivity index (χ1) is 17.6. The number of carbonyl (C=O) groups excluding carboxylic acids is 2. The van der Waals surface area contributed by atoms with Crippen LogP contribution in [0.1, 0.15) is 36.1 Å². The smallest absolute Gasteiger partial charge is 0.261 e. The van der Waals surface area contributed by atoms with Gasteiger partial charge in [0.1, 0.15) is 11.8 Å². The minimum Gasteiger partial charge on any atom is -0.484 e. The molecule has 1 atom stereocenters. The van der Waals surface area contributed by atoms with Crippen LogP contribution in [0.5, 0.6) is 5.75 Å². The van der Waals surface area contributed by atoms with Gasteiger partial charge >= 0.3 is 0 Å². The van der Waals surface area contributed by atoms with Gasteiger partial charge in [-0.1, -0.05) is 88.2 Å². The first-order valence-corrected chi connectivity index (χ1v) is 14.0. The highest BCUT2D eigenvalue weighted by molar-refractivity contribution is 9.10. The highest BCUT2D eigenvalue weighted by atomic mass is 79.9. The van der Waals surface area contributed by atoms with Gasteiger partial charge in [-0.15, -0.1) is 0 Å². The van der Waals surface area contributed by atoms with Gasteiger partial charge in [-0.05, 0) is 66.3 Å². The van der Waals surface area contributed by atoms with Crippen LogP contribution in [0, 0.1) is 19.8 Å². The molecular weight excluding hydrogens is 596 g/mol. The summed E-state index contributed by atoms with van der Waals surface area (Å²) < 4.78 is 7.92. The first kappa shape index (κ1) is 28.9. The summed E-state index contributed by atoms with van der Waals surface area (Å²) in [5, 5.41) is 3.04. The van der Waals surface area contributed by atoms with Gasteiger partial charge < -0.3 is 15.0 Å². The maximum atomic E-state index is 13.7. The Kier molecular flexibility index (Phi) is 10.8. The minimum atomic E-state index is -0.686. The van der Waals surface area contributed by atoms with Gasteiger partial charge in [-0.2, -0.15) is 0 Å². The maximum Gasteiger partial charge on any atom is 0.261 e. The molecule has 3 rings (SSSR count). The number of rotatable bonds is 11. The number of aryl methyl sites for hydroxylation is 2. The number of nitrogens with zero attached hydrogens (tertiary/aromatic N) is 1. The van der Waals surface area contributed by atoms with E-state index in [1.165, 1.54) is 0 Å². The van der Waals surface area contributed by atoms with Crippen molar-refractivity contribution in [1.29, 1.82) is 0 Å². The summed E-state index contributed by atoms with van der Waals surface area (Å²) >= 11 is 7.04. The van der Waals surface area contributed by atoms with E-state index in [-0.39, 0.29) is 18.4 Å². The molecule has 0 heterocycles. The van der Waals surface area contributed by atoms with E-state index in [0.29, 0.717) is 31.2 Å². The van der Waals surface area contributed by atoms with Crippen LogP contribution in [0.2, 0.25) is 0 Å². The van der Waals surface area contributed by atoms with Crippen molar-refractivity contribution in [2.45, 2.75) is 46.7 Å². The van der Waals surface area contributed by atoms with Crippen molar-refractivity contribution in [1.82, 2.24) is 10.2 Å². The van der Waals surface area contributed by atoms with Crippen LogP contribution in [0.15, 0.2) is 75.7 Å².